The summed E-state index contributed by atoms with van der Waals surface area (Å²) in [6.07, 6.45) is 0.488. The van der Waals surface area contributed by atoms with Crippen molar-refractivity contribution in [3.8, 4) is 0 Å². The minimum Gasteiger partial charge on any atom is -0.360 e. The third-order valence-corrected chi connectivity index (χ3v) is 3.29. The van der Waals surface area contributed by atoms with Crippen LogP contribution in [-0.4, -0.2) is 14.7 Å². The van der Waals surface area contributed by atoms with E-state index in [0.717, 1.165) is 5.56 Å². The molecular weight excluding hydrogens is 275 g/mol. The van der Waals surface area contributed by atoms with Crippen molar-refractivity contribution >= 4 is 11.5 Å². The van der Waals surface area contributed by atoms with E-state index in [-0.39, 0.29) is 11.5 Å². The van der Waals surface area contributed by atoms with Crippen molar-refractivity contribution in [2.75, 3.05) is 5.32 Å². The predicted octanol–water partition coefficient (Wildman–Crippen LogP) is 2.95. The Kier molecular flexibility index (Phi) is 4.21. The summed E-state index contributed by atoms with van der Waals surface area (Å²) in [4.78, 5) is 10.8. The average Bonchev–Trinajstić information content (AvgIpc) is 2.76. The summed E-state index contributed by atoms with van der Waals surface area (Å²) in [5, 5.41) is 18.4. The van der Waals surface area contributed by atoms with Crippen molar-refractivity contribution in [3.63, 3.8) is 0 Å². The van der Waals surface area contributed by atoms with Crippen LogP contribution in [0, 0.1) is 22.9 Å². The second-order valence-electron chi connectivity index (χ2n) is 4.82. The molecule has 1 heterocycles. The third kappa shape index (κ3) is 3.01. The Morgan fingerprint density at radius 2 is 2.19 bits per heavy atom. The molecule has 1 aromatic carbocycles. The van der Waals surface area contributed by atoms with Gasteiger partial charge in [0.25, 0.3) is 0 Å². The quantitative estimate of drug-likeness (QED) is 0.679. The largest absolute Gasteiger partial charge is 0.360 e. The van der Waals surface area contributed by atoms with Gasteiger partial charge in [-0.2, -0.15) is 5.10 Å². The molecule has 0 saturated heterocycles. The topological polar surface area (TPSA) is 73.0 Å². The first-order valence-corrected chi connectivity index (χ1v) is 6.63. The highest BCUT2D eigenvalue weighted by molar-refractivity contribution is 5.60. The number of nitrogens with one attached hydrogen (secondary N) is 1. The Morgan fingerprint density at radius 1 is 1.48 bits per heavy atom. The van der Waals surface area contributed by atoms with E-state index in [2.05, 4.69) is 10.4 Å². The standard InChI is InChI=1S/C14H17FN4O2/c1-4-12-13(19(20)21)14(18(3)17-12)16-8-10-5-6-11(15)9(2)7-10/h5-7,16H,4,8H2,1-3H3. The minimum atomic E-state index is -0.427. The van der Waals surface area contributed by atoms with E-state index in [1.165, 1.54) is 10.7 Å². The first-order chi connectivity index (χ1) is 9.93. The Labute approximate surface area is 121 Å². The first kappa shape index (κ1) is 15.0. The number of anilines is 1. The molecule has 0 bridgehead atoms. The summed E-state index contributed by atoms with van der Waals surface area (Å²) in [6, 6.07) is 4.75. The van der Waals surface area contributed by atoms with Crippen LogP contribution < -0.4 is 5.32 Å². The Bertz CT molecular complexity index is 682. The van der Waals surface area contributed by atoms with Gasteiger partial charge in [0.1, 0.15) is 11.5 Å². The van der Waals surface area contributed by atoms with Crippen molar-refractivity contribution in [2.24, 2.45) is 7.05 Å². The van der Waals surface area contributed by atoms with Crippen molar-refractivity contribution < 1.29 is 9.31 Å². The number of aromatic nitrogens is 2. The fourth-order valence-electron chi connectivity index (χ4n) is 2.20. The SMILES string of the molecule is CCc1nn(C)c(NCc2ccc(F)c(C)c2)c1[N+](=O)[O-]. The lowest BCUT2D eigenvalue weighted by atomic mass is 10.1. The lowest BCUT2D eigenvalue weighted by Crippen LogP contribution is -2.06. The fourth-order valence-corrected chi connectivity index (χ4v) is 2.20. The van der Waals surface area contributed by atoms with Gasteiger partial charge < -0.3 is 5.32 Å². The molecule has 7 heteroatoms. The molecule has 0 spiro atoms. The lowest BCUT2D eigenvalue weighted by molar-refractivity contribution is -0.384. The molecule has 2 rings (SSSR count). The minimum absolute atomic E-state index is 0.00108. The van der Waals surface area contributed by atoms with E-state index in [4.69, 9.17) is 0 Å². The van der Waals surface area contributed by atoms with Crippen LogP contribution in [0.2, 0.25) is 0 Å². The third-order valence-electron chi connectivity index (χ3n) is 3.29. The molecule has 0 fully saturated rings. The number of nitrogens with zero attached hydrogens (tertiary/aromatic N) is 3. The molecule has 2 aromatic rings. The molecule has 0 aliphatic rings. The number of rotatable bonds is 5. The van der Waals surface area contributed by atoms with E-state index in [1.54, 1.807) is 26.1 Å². The molecule has 6 nitrogen and oxygen atoms in total. The summed E-state index contributed by atoms with van der Waals surface area (Å²) >= 11 is 0. The maximum atomic E-state index is 13.2. The smallest absolute Gasteiger partial charge is 0.333 e. The van der Waals surface area contributed by atoms with Gasteiger partial charge in [-0.1, -0.05) is 19.1 Å². The van der Waals surface area contributed by atoms with Gasteiger partial charge in [-0.25, -0.2) is 9.07 Å². The van der Waals surface area contributed by atoms with Crippen molar-refractivity contribution in [1.82, 2.24) is 9.78 Å². The molecule has 0 radical (unpaired) electrons. The second-order valence-corrected chi connectivity index (χ2v) is 4.82. The molecule has 0 aliphatic heterocycles. The molecule has 0 aliphatic carbocycles. The van der Waals surface area contributed by atoms with E-state index in [1.807, 2.05) is 6.92 Å². The Balaban J connectivity index is 2.25. The molecule has 0 saturated carbocycles. The van der Waals surface area contributed by atoms with Gasteiger partial charge in [-0.15, -0.1) is 0 Å². The van der Waals surface area contributed by atoms with Crippen LogP contribution in [0.25, 0.3) is 0 Å². The average molecular weight is 292 g/mol. The Morgan fingerprint density at radius 3 is 2.76 bits per heavy atom. The molecule has 0 unspecified atom stereocenters. The normalized spacial score (nSPS) is 10.7. The molecule has 21 heavy (non-hydrogen) atoms. The van der Waals surface area contributed by atoms with Crippen LogP contribution >= 0.6 is 0 Å². The van der Waals surface area contributed by atoms with Crippen LogP contribution in [0.15, 0.2) is 18.2 Å². The van der Waals surface area contributed by atoms with Crippen LogP contribution in [0.5, 0.6) is 0 Å². The van der Waals surface area contributed by atoms with Gasteiger partial charge in [-0.05, 0) is 30.5 Å². The zero-order valence-corrected chi connectivity index (χ0v) is 12.2. The van der Waals surface area contributed by atoms with Crippen LogP contribution in [0.4, 0.5) is 15.9 Å². The number of hydrogen-bond donors (Lipinski definition) is 1. The summed E-state index contributed by atoms with van der Waals surface area (Å²) in [7, 11) is 1.66. The lowest BCUT2D eigenvalue weighted by Gasteiger charge is -2.07. The molecule has 0 atom stereocenters. The van der Waals surface area contributed by atoms with Gasteiger partial charge in [0, 0.05) is 13.6 Å². The van der Waals surface area contributed by atoms with Gasteiger partial charge in [-0.3, -0.25) is 10.1 Å². The highest BCUT2D eigenvalue weighted by Gasteiger charge is 2.25. The van der Waals surface area contributed by atoms with Gasteiger partial charge >= 0.3 is 5.69 Å². The summed E-state index contributed by atoms with van der Waals surface area (Å²) in [5.41, 5.74) is 1.84. The monoisotopic (exact) mass is 292 g/mol. The highest BCUT2D eigenvalue weighted by Crippen LogP contribution is 2.28. The number of nitro groups is 1. The van der Waals surface area contributed by atoms with Crippen molar-refractivity contribution in [3.05, 3.63) is 51.0 Å². The number of halogens is 1. The summed E-state index contributed by atoms with van der Waals surface area (Å²) < 4.78 is 14.7. The van der Waals surface area contributed by atoms with Crippen LogP contribution in [0.3, 0.4) is 0 Å². The Hall–Kier alpha value is -2.44. The summed E-state index contributed by atoms with van der Waals surface area (Å²) in [6.45, 7) is 3.87. The molecule has 112 valence electrons. The number of aryl methyl sites for hydroxylation is 3. The highest BCUT2D eigenvalue weighted by atomic mass is 19.1. The predicted molar refractivity (Wildman–Crippen MR) is 77.7 cm³/mol. The maximum absolute atomic E-state index is 13.2. The maximum Gasteiger partial charge on any atom is 0.333 e. The number of hydrogen-bond acceptors (Lipinski definition) is 4. The van der Waals surface area contributed by atoms with Crippen molar-refractivity contribution in [1.29, 1.82) is 0 Å². The first-order valence-electron chi connectivity index (χ1n) is 6.63. The molecule has 1 N–H and O–H groups in total. The molecular formula is C14H17FN4O2. The molecule has 1 aromatic heterocycles. The van der Waals surface area contributed by atoms with Gasteiger partial charge in [0.15, 0.2) is 0 Å². The summed E-state index contributed by atoms with van der Waals surface area (Å²) in [5.74, 6) is 0.0948. The van der Waals surface area contributed by atoms with Crippen molar-refractivity contribution in [2.45, 2.75) is 26.8 Å². The van der Waals surface area contributed by atoms with Crippen LogP contribution in [0.1, 0.15) is 23.7 Å². The van der Waals surface area contributed by atoms with E-state index >= 15 is 0 Å². The second kappa shape index (κ2) is 5.90. The van der Waals surface area contributed by atoms with Gasteiger partial charge in [0.05, 0.1) is 4.92 Å². The zero-order chi connectivity index (χ0) is 15.6. The zero-order valence-electron chi connectivity index (χ0n) is 12.2. The van der Waals surface area contributed by atoms with E-state index in [0.29, 0.717) is 30.0 Å². The van der Waals surface area contributed by atoms with Gasteiger partial charge in [0.2, 0.25) is 5.82 Å². The van der Waals surface area contributed by atoms with Crippen LogP contribution in [-0.2, 0) is 20.0 Å². The fraction of sp³-hybridized carbons (Fsp3) is 0.357. The number of benzene rings is 1. The molecule has 0 amide bonds. The van der Waals surface area contributed by atoms with E-state index < -0.39 is 4.92 Å². The van der Waals surface area contributed by atoms with E-state index in [9.17, 15) is 14.5 Å².